The fourth-order valence-electron chi connectivity index (χ4n) is 7.59. The molecule has 1 unspecified atom stereocenters. The molecular weight excluding hydrogens is 452 g/mol. The lowest BCUT2D eigenvalue weighted by molar-refractivity contribution is -0.114. The summed E-state index contributed by atoms with van der Waals surface area (Å²) in [4.78, 5) is 29.8. The first-order valence-corrected chi connectivity index (χ1v) is 13.8. The Morgan fingerprint density at radius 1 is 1.09 bits per heavy atom. The molecule has 182 valence electrons. The van der Waals surface area contributed by atoms with Crippen LogP contribution in [0.25, 0.3) is 6.08 Å². The van der Waals surface area contributed by atoms with Crippen LogP contribution in [0, 0.1) is 30.1 Å². The third-order valence-electron chi connectivity index (χ3n) is 9.01. The van der Waals surface area contributed by atoms with Gasteiger partial charge in [0.1, 0.15) is 0 Å². The summed E-state index contributed by atoms with van der Waals surface area (Å²) < 4.78 is 0. The van der Waals surface area contributed by atoms with Gasteiger partial charge in [-0.25, -0.2) is 0 Å². The average Bonchev–Trinajstić information content (AvgIpc) is 2.81. The first kappa shape index (κ1) is 22.9. The highest BCUT2D eigenvalue weighted by Crippen LogP contribution is 2.61. The van der Waals surface area contributed by atoms with E-state index in [1.54, 1.807) is 11.9 Å². The minimum atomic E-state index is -0.0384. The Morgan fingerprint density at radius 2 is 1.77 bits per heavy atom. The van der Waals surface area contributed by atoms with E-state index in [1.807, 2.05) is 36.4 Å². The monoisotopic (exact) mass is 486 g/mol. The van der Waals surface area contributed by atoms with Crippen LogP contribution < -0.4 is 10.2 Å². The molecule has 0 saturated heterocycles. The zero-order chi connectivity index (χ0) is 24.3. The predicted molar refractivity (Wildman–Crippen MR) is 142 cm³/mol. The Hall–Kier alpha value is -2.53. The van der Waals surface area contributed by atoms with Gasteiger partial charge in [-0.1, -0.05) is 41.6 Å². The molecule has 1 atom stereocenters. The summed E-state index contributed by atoms with van der Waals surface area (Å²) >= 11 is 1.48. The molecule has 5 aliphatic rings. The van der Waals surface area contributed by atoms with Gasteiger partial charge in [0.05, 0.1) is 10.6 Å². The van der Waals surface area contributed by atoms with E-state index >= 15 is 0 Å². The van der Waals surface area contributed by atoms with Crippen molar-refractivity contribution in [1.82, 2.24) is 5.32 Å². The maximum Gasteiger partial charge on any atom is 0.264 e. The Balaban J connectivity index is 1.20. The summed E-state index contributed by atoms with van der Waals surface area (Å²) in [5.41, 5.74) is 3.90. The molecule has 4 fully saturated rings. The number of rotatable bonds is 4. The SMILES string of the molecule is Cc1cccc(/C=C2/Sc3ccc(C(=O)NC(C)C45CC6CC(CC(C6)C4)C5)cc3N(C)C2=O)c1. The predicted octanol–water partition coefficient (Wildman–Crippen LogP) is 6.44. The molecule has 2 aromatic rings. The fourth-order valence-corrected chi connectivity index (χ4v) is 8.68. The molecule has 4 nitrogen and oxygen atoms in total. The van der Waals surface area contributed by atoms with Crippen molar-refractivity contribution in [1.29, 1.82) is 0 Å². The molecule has 2 aromatic carbocycles. The molecule has 7 rings (SSSR count). The van der Waals surface area contributed by atoms with Crippen molar-refractivity contribution in [3.8, 4) is 0 Å². The number of amides is 2. The van der Waals surface area contributed by atoms with Crippen molar-refractivity contribution >= 4 is 35.3 Å². The normalized spacial score (nSPS) is 30.9. The van der Waals surface area contributed by atoms with Crippen molar-refractivity contribution in [2.45, 2.75) is 63.3 Å². The zero-order valence-electron chi connectivity index (χ0n) is 20.8. The van der Waals surface area contributed by atoms with Crippen LogP contribution in [0.1, 0.15) is 66.9 Å². The fraction of sp³-hybridized carbons (Fsp3) is 0.467. The van der Waals surface area contributed by atoms with E-state index in [-0.39, 0.29) is 23.3 Å². The maximum absolute atomic E-state index is 13.3. The Labute approximate surface area is 212 Å². The molecule has 35 heavy (non-hydrogen) atoms. The van der Waals surface area contributed by atoms with Gasteiger partial charge in [-0.15, -0.1) is 0 Å². The highest BCUT2D eigenvalue weighted by Gasteiger charge is 2.53. The molecule has 4 aliphatic carbocycles. The van der Waals surface area contributed by atoms with E-state index in [0.717, 1.165) is 33.9 Å². The number of carbonyl (C=O) groups is 2. The number of nitrogens with one attached hydrogen (secondary N) is 1. The highest BCUT2D eigenvalue weighted by atomic mass is 32.2. The molecule has 1 aliphatic heterocycles. The maximum atomic E-state index is 13.3. The van der Waals surface area contributed by atoms with Gasteiger partial charge < -0.3 is 10.2 Å². The van der Waals surface area contributed by atoms with Crippen LogP contribution >= 0.6 is 11.8 Å². The van der Waals surface area contributed by atoms with Gasteiger partial charge in [-0.05, 0) is 105 Å². The number of fused-ring (bicyclic) bond motifs is 1. The van der Waals surface area contributed by atoms with Gasteiger partial charge in [0.25, 0.3) is 11.8 Å². The Morgan fingerprint density at radius 3 is 2.43 bits per heavy atom. The van der Waals surface area contributed by atoms with Crippen molar-refractivity contribution in [3.05, 3.63) is 64.1 Å². The molecule has 1 heterocycles. The van der Waals surface area contributed by atoms with Crippen molar-refractivity contribution < 1.29 is 9.59 Å². The van der Waals surface area contributed by atoms with Crippen LogP contribution in [-0.2, 0) is 4.79 Å². The number of hydrogen-bond donors (Lipinski definition) is 1. The Bertz CT molecular complexity index is 1200. The van der Waals surface area contributed by atoms with Gasteiger partial charge in [0.2, 0.25) is 0 Å². The van der Waals surface area contributed by atoms with Crippen molar-refractivity contribution in [2.24, 2.45) is 23.2 Å². The summed E-state index contributed by atoms with van der Waals surface area (Å²) in [6, 6.07) is 14.1. The summed E-state index contributed by atoms with van der Waals surface area (Å²) in [5, 5.41) is 3.37. The van der Waals surface area contributed by atoms with Gasteiger partial charge in [-0.3, -0.25) is 9.59 Å². The van der Waals surface area contributed by atoms with Gasteiger partial charge in [0.15, 0.2) is 0 Å². The number of thioether (sulfide) groups is 1. The third-order valence-corrected chi connectivity index (χ3v) is 10.1. The average molecular weight is 487 g/mol. The highest BCUT2D eigenvalue weighted by molar-refractivity contribution is 8.04. The second kappa shape index (κ2) is 8.55. The van der Waals surface area contributed by atoms with Gasteiger partial charge in [0, 0.05) is 23.5 Å². The lowest BCUT2D eigenvalue weighted by Crippen LogP contribution is -2.55. The van der Waals surface area contributed by atoms with Crippen LogP contribution in [0.2, 0.25) is 0 Å². The van der Waals surface area contributed by atoms with Crippen LogP contribution in [0.4, 0.5) is 5.69 Å². The molecule has 0 aromatic heterocycles. The van der Waals surface area contributed by atoms with E-state index in [2.05, 4.69) is 31.3 Å². The molecule has 1 N–H and O–H groups in total. The summed E-state index contributed by atoms with van der Waals surface area (Å²) in [6.45, 7) is 4.27. The Kier molecular flexibility index (Phi) is 5.59. The summed E-state index contributed by atoms with van der Waals surface area (Å²) in [5.74, 6) is 2.53. The second-order valence-corrected chi connectivity index (χ2v) is 12.6. The van der Waals surface area contributed by atoms with E-state index < -0.39 is 0 Å². The quantitative estimate of drug-likeness (QED) is 0.506. The summed E-state index contributed by atoms with van der Waals surface area (Å²) in [7, 11) is 1.80. The zero-order valence-corrected chi connectivity index (χ0v) is 21.7. The van der Waals surface area contributed by atoms with E-state index in [9.17, 15) is 9.59 Å². The molecule has 4 saturated carbocycles. The van der Waals surface area contributed by atoms with Crippen LogP contribution in [0.15, 0.2) is 52.3 Å². The molecular formula is C30H34N2O2S. The number of carbonyl (C=O) groups excluding carboxylic acids is 2. The van der Waals surface area contributed by atoms with Crippen molar-refractivity contribution in [2.75, 3.05) is 11.9 Å². The number of anilines is 1. The number of benzene rings is 2. The third kappa shape index (κ3) is 4.12. The number of likely N-dealkylation sites (N-methyl/N-ethyl adjacent to an activating group) is 1. The lowest BCUT2D eigenvalue weighted by Gasteiger charge is -2.59. The molecule has 0 radical (unpaired) electrons. The second-order valence-electron chi connectivity index (χ2n) is 11.5. The number of aryl methyl sites for hydroxylation is 1. The molecule has 4 bridgehead atoms. The molecule has 0 spiro atoms. The molecule has 5 heteroatoms. The first-order valence-electron chi connectivity index (χ1n) is 13.0. The van der Waals surface area contributed by atoms with E-state index in [4.69, 9.17) is 0 Å². The van der Waals surface area contributed by atoms with Crippen molar-refractivity contribution in [3.63, 3.8) is 0 Å². The topological polar surface area (TPSA) is 49.4 Å². The number of hydrogen-bond acceptors (Lipinski definition) is 3. The van der Waals surface area contributed by atoms with Crippen LogP contribution in [0.3, 0.4) is 0 Å². The van der Waals surface area contributed by atoms with Gasteiger partial charge in [-0.2, -0.15) is 0 Å². The van der Waals surface area contributed by atoms with Gasteiger partial charge >= 0.3 is 0 Å². The minimum Gasteiger partial charge on any atom is -0.349 e. The molecule has 2 amide bonds. The summed E-state index contributed by atoms with van der Waals surface area (Å²) in [6.07, 6.45) is 9.99. The largest absolute Gasteiger partial charge is 0.349 e. The van der Waals surface area contributed by atoms with Crippen LogP contribution in [0.5, 0.6) is 0 Å². The van der Waals surface area contributed by atoms with E-state index in [1.165, 1.54) is 55.9 Å². The lowest BCUT2D eigenvalue weighted by atomic mass is 9.48. The van der Waals surface area contributed by atoms with Crippen LogP contribution in [-0.4, -0.2) is 24.9 Å². The van der Waals surface area contributed by atoms with E-state index in [0.29, 0.717) is 10.5 Å². The number of nitrogens with zero attached hydrogens (tertiary/aromatic N) is 1. The smallest absolute Gasteiger partial charge is 0.264 e. The standard InChI is InChI=1S/C30H34N2O2S/c1-18-5-4-6-20(9-18)13-27-29(34)32(3)25-14-24(7-8-26(25)35-27)28(33)31-19(2)30-15-21-10-22(16-30)12-23(11-21)17-30/h4-9,13-14,19,21-23H,10-12,15-17H2,1-3H3,(H,31,33)/b27-13+. The minimum absolute atomic E-state index is 0.0250. The first-order chi connectivity index (χ1) is 16.8.